The molecule has 0 amide bonds. The number of piperidine rings is 1. The van der Waals surface area contributed by atoms with Gasteiger partial charge in [0, 0.05) is 14.9 Å². The van der Waals surface area contributed by atoms with E-state index in [4.69, 9.17) is 4.98 Å². The predicted molar refractivity (Wildman–Crippen MR) is 84.8 cm³/mol. The van der Waals surface area contributed by atoms with Crippen LogP contribution in [0.1, 0.15) is 29.3 Å². The third-order valence-electron chi connectivity index (χ3n) is 3.61. The van der Waals surface area contributed by atoms with Gasteiger partial charge < -0.3 is 5.32 Å². The quantitative estimate of drug-likeness (QED) is 0.881. The number of rotatable bonds is 2. The molecule has 2 heterocycles. The lowest BCUT2D eigenvalue weighted by atomic mass is 9.96. The van der Waals surface area contributed by atoms with Crippen LogP contribution in [0.15, 0.2) is 28.7 Å². The minimum Gasteiger partial charge on any atom is -0.317 e. The zero-order chi connectivity index (χ0) is 13.2. The van der Waals surface area contributed by atoms with Gasteiger partial charge in [0.1, 0.15) is 5.01 Å². The molecule has 19 heavy (non-hydrogen) atoms. The molecule has 1 saturated heterocycles. The molecule has 0 unspecified atom stereocenters. The number of halogens is 1. The third-order valence-corrected chi connectivity index (χ3v) is 5.48. The fraction of sp³-hybridized carbons (Fsp3) is 0.400. The molecule has 100 valence electrons. The highest BCUT2D eigenvalue weighted by atomic mass is 79.9. The van der Waals surface area contributed by atoms with Crippen molar-refractivity contribution < 1.29 is 0 Å². The van der Waals surface area contributed by atoms with E-state index in [1.807, 2.05) is 11.3 Å². The van der Waals surface area contributed by atoms with Crippen LogP contribution in [-0.4, -0.2) is 18.1 Å². The number of thiazole rings is 1. The van der Waals surface area contributed by atoms with E-state index in [1.165, 1.54) is 29.0 Å². The van der Waals surface area contributed by atoms with Crippen molar-refractivity contribution in [2.75, 3.05) is 13.1 Å². The van der Waals surface area contributed by atoms with Crippen molar-refractivity contribution in [1.82, 2.24) is 10.3 Å². The number of benzene rings is 1. The first-order valence-corrected chi connectivity index (χ1v) is 8.29. The van der Waals surface area contributed by atoms with Crippen LogP contribution in [-0.2, 0) is 0 Å². The van der Waals surface area contributed by atoms with Gasteiger partial charge in [-0.2, -0.15) is 0 Å². The second-order valence-corrected chi connectivity index (χ2v) is 6.95. The SMILES string of the molecule is Cc1nc(-c2cccc(Br)c2)sc1C1CCNCC1. The van der Waals surface area contributed by atoms with Crippen LogP contribution in [0, 0.1) is 6.92 Å². The standard InChI is InChI=1S/C15H17BrN2S/c1-10-14(11-5-7-17-8-6-11)19-15(18-10)12-3-2-4-13(16)9-12/h2-4,9,11,17H,5-8H2,1H3. The molecule has 0 saturated carbocycles. The summed E-state index contributed by atoms with van der Waals surface area (Å²) in [4.78, 5) is 6.26. The maximum absolute atomic E-state index is 4.77. The Kier molecular flexibility index (Phi) is 4.01. The Hall–Kier alpha value is -0.710. The van der Waals surface area contributed by atoms with E-state index in [0.29, 0.717) is 5.92 Å². The summed E-state index contributed by atoms with van der Waals surface area (Å²) in [6.45, 7) is 4.41. The number of hydrogen-bond donors (Lipinski definition) is 1. The van der Waals surface area contributed by atoms with E-state index in [1.54, 1.807) is 0 Å². The van der Waals surface area contributed by atoms with Gasteiger partial charge in [0.2, 0.25) is 0 Å². The summed E-state index contributed by atoms with van der Waals surface area (Å²) in [5, 5.41) is 4.57. The van der Waals surface area contributed by atoms with Gasteiger partial charge in [0.25, 0.3) is 0 Å². The molecule has 1 N–H and O–H groups in total. The van der Waals surface area contributed by atoms with Gasteiger partial charge >= 0.3 is 0 Å². The highest BCUT2D eigenvalue weighted by Gasteiger charge is 2.20. The molecule has 0 bridgehead atoms. The van der Waals surface area contributed by atoms with E-state index in [2.05, 4.69) is 52.4 Å². The monoisotopic (exact) mass is 336 g/mol. The minimum atomic E-state index is 0.694. The van der Waals surface area contributed by atoms with Gasteiger partial charge in [-0.05, 0) is 50.9 Å². The van der Waals surface area contributed by atoms with Crippen LogP contribution in [0.5, 0.6) is 0 Å². The molecule has 0 spiro atoms. The fourth-order valence-corrected chi connectivity index (χ4v) is 4.25. The second-order valence-electron chi connectivity index (χ2n) is 5.00. The number of nitrogens with one attached hydrogen (secondary N) is 1. The molecular formula is C15H17BrN2S. The average Bonchev–Trinajstić information content (AvgIpc) is 2.82. The summed E-state index contributed by atoms with van der Waals surface area (Å²) in [6.07, 6.45) is 2.47. The number of hydrogen-bond acceptors (Lipinski definition) is 3. The predicted octanol–water partition coefficient (Wildman–Crippen LogP) is 4.35. The van der Waals surface area contributed by atoms with Crippen molar-refractivity contribution in [1.29, 1.82) is 0 Å². The van der Waals surface area contributed by atoms with Gasteiger partial charge in [-0.15, -0.1) is 11.3 Å². The molecule has 1 aliphatic heterocycles. The number of aromatic nitrogens is 1. The molecule has 2 aromatic rings. The minimum absolute atomic E-state index is 0.694. The Bertz CT molecular complexity index is 573. The Morgan fingerprint density at radius 3 is 2.84 bits per heavy atom. The lowest BCUT2D eigenvalue weighted by Crippen LogP contribution is -2.26. The first kappa shape index (κ1) is 13.3. The van der Waals surface area contributed by atoms with Crippen molar-refractivity contribution in [2.45, 2.75) is 25.7 Å². The zero-order valence-corrected chi connectivity index (χ0v) is 13.4. The van der Waals surface area contributed by atoms with Crippen LogP contribution in [0.4, 0.5) is 0 Å². The van der Waals surface area contributed by atoms with Crippen molar-refractivity contribution >= 4 is 27.3 Å². The fourth-order valence-electron chi connectivity index (χ4n) is 2.62. The van der Waals surface area contributed by atoms with E-state index in [9.17, 15) is 0 Å². The lowest BCUT2D eigenvalue weighted by molar-refractivity contribution is 0.463. The zero-order valence-electron chi connectivity index (χ0n) is 10.9. The van der Waals surface area contributed by atoms with Crippen LogP contribution in [0.3, 0.4) is 0 Å². The Labute approximate surface area is 126 Å². The maximum Gasteiger partial charge on any atom is 0.123 e. The topological polar surface area (TPSA) is 24.9 Å². The highest BCUT2D eigenvalue weighted by molar-refractivity contribution is 9.10. The van der Waals surface area contributed by atoms with Crippen LogP contribution in [0.2, 0.25) is 0 Å². The molecule has 2 nitrogen and oxygen atoms in total. The van der Waals surface area contributed by atoms with Crippen LogP contribution >= 0.6 is 27.3 Å². The Balaban J connectivity index is 1.92. The van der Waals surface area contributed by atoms with Crippen molar-refractivity contribution in [3.05, 3.63) is 39.3 Å². The molecule has 0 radical (unpaired) electrons. The van der Waals surface area contributed by atoms with Gasteiger partial charge in [0.05, 0.1) is 5.69 Å². The summed E-state index contributed by atoms with van der Waals surface area (Å²) in [7, 11) is 0. The van der Waals surface area contributed by atoms with Crippen molar-refractivity contribution in [3.63, 3.8) is 0 Å². The van der Waals surface area contributed by atoms with Crippen molar-refractivity contribution in [3.8, 4) is 10.6 Å². The van der Waals surface area contributed by atoms with Gasteiger partial charge in [0.15, 0.2) is 0 Å². The molecule has 1 fully saturated rings. The second kappa shape index (κ2) is 5.73. The first-order chi connectivity index (χ1) is 9.24. The summed E-state index contributed by atoms with van der Waals surface area (Å²) in [5.74, 6) is 0.694. The molecule has 1 aliphatic rings. The molecule has 1 aromatic heterocycles. The van der Waals surface area contributed by atoms with Crippen LogP contribution < -0.4 is 5.32 Å². The highest BCUT2D eigenvalue weighted by Crippen LogP contribution is 2.36. The number of aryl methyl sites for hydroxylation is 1. The molecule has 0 aliphatic carbocycles. The summed E-state index contributed by atoms with van der Waals surface area (Å²) < 4.78 is 1.11. The molecular weight excluding hydrogens is 320 g/mol. The summed E-state index contributed by atoms with van der Waals surface area (Å²) >= 11 is 5.40. The van der Waals surface area contributed by atoms with E-state index in [-0.39, 0.29) is 0 Å². The Morgan fingerprint density at radius 2 is 2.11 bits per heavy atom. The third kappa shape index (κ3) is 2.91. The average molecular weight is 337 g/mol. The largest absolute Gasteiger partial charge is 0.317 e. The van der Waals surface area contributed by atoms with Crippen molar-refractivity contribution in [2.24, 2.45) is 0 Å². The Morgan fingerprint density at radius 1 is 1.32 bits per heavy atom. The van der Waals surface area contributed by atoms with E-state index in [0.717, 1.165) is 22.6 Å². The van der Waals surface area contributed by atoms with Gasteiger partial charge in [-0.1, -0.05) is 28.1 Å². The molecule has 4 heteroatoms. The normalized spacial score (nSPS) is 16.7. The molecule has 0 atom stereocenters. The first-order valence-electron chi connectivity index (χ1n) is 6.68. The molecule has 1 aromatic carbocycles. The summed E-state index contributed by atoms with van der Waals surface area (Å²) in [6, 6.07) is 8.40. The smallest absolute Gasteiger partial charge is 0.123 e. The van der Waals surface area contributed by atoms with Gasteiger partial charge in [-0.25, -0.2) is 4.98 Å². The van der Waals surface area contributed by atoms with Crippen LogP contribution in [0.25, 0.3) is 10.6 Å². The van der Waals surface area contributed by atoms with Gasteiger partial charge in [-0.3, -0.25) is 0 Å². The summed E-state index contributed by atoms with van der Waals surface area (Å²) in [5.41, 5.74) is 2.43. The maximum atomic E-state index is 4.77. The van der Waals surface area contributed by atoms with E-state index < -0.39 is 0 Å². The lowest BCUT2D eigenvalue weighted by Gasteiger charge is -2.21. The number of nitrogens with zero attached hydrogens (tertiary/aromatic N) is 1. The molecule has 3 rings (SSSR count). The van der Waals surface area contributed by atoms with E-state index >= 15 is 0 Å².